The summed E-state index contributed by atoms with van der Waals surface area (Å²) in [6.07, 6.45) is 0.136. The molecule has 154 valence electrons. The second kappa shape index (κ2) is 8.39. The van der Waals surface area contributed by atoms with Gasteiger partial charge in [-0.25, -0.2) is 4.39 Å². The molecule has 3 aromatic rings. The lowest BCUT2D eigenvalue weighted by atomic mass is 10.1. The minimum absolute atomic E-state index is 0.223. The van der Waals surface area contributed by atoms with Crippen LogP contribution in [0.3, 0.4) is 0 Å². The van der Waals surface area contributed by atoms with Crippen LogP contribution in [0, 0.1) is 5.82 Å². The van der Waals surface area contributed by atoms with E-state index in [0.29, 0.717) is 22.1 Å². The van der Waals surface area contributed by atoms with Gasteiger partial charge in [0.05, 0.1) is 5.69 Å². The molecule has 0 radical (unpaired) electrons. The molecule has 6 nitrogen and oxygen atoms in total. The maximum atomic E-state index is 14.1. The number of rotatable bonds is 4. The lowest BCUT2D eigenvalue weighted by Gasteiger charge is -2.30. The van der Waals surface area contributed by atoms with Crippen LogP contribution in [0.5, 0.6) is 5.88 Å². The third-order valence-electron chi connectivity index (χ3n) is 4.85. The number of thioether (sulfide) groups is 1. The standard InChI is InChI=1S/C22H21FN4O2S/c1-4-14-6-8-15(9-7-14)21-27(13(3)28)18-11-10-16(23)12-17(18)19-20(29-21)24-22(26-25-19)30-5-2/h6-12,21H,4-5H2,1-3H3. The Bertz CT molecular complexity index is 1090. The Morgan fingerprint density at radius 2 is 1.93 bits per heavy atom. The Morgan fingerprint density at radius 3 is 2.60 bits per heavy atom. The van der Waals surface area contributed by atoms with Gasteiger partial charge in [0.2, 0.25) is 23.2 Å². The molecule has 0 spiro atoms. The average molecular weight is 425 g/mol. The number of carbonyl (C=O) groups is 1. The number of ether oxygens (including phenoxy) is 1. The molecule has 0 fully saturated rings. The Hall–Kier alpha value is -3.00. The minimum Gasteiger partial charge on any atom is -0.447 e. The number of aromatic nitrogens is 3. The van der Waals surface area contributed by atoms with Crippen LogP contribution < -0.4 is 9.64 Å². The molecule has 0 saturated carbocycles. The quantitative estimate of drug-likeness (QED) is 0.561. The zero-order valence-electron chi connectivity index (χ0n) is 16.9. The molecule has 1 amide bonds. The van der Waals surface area contributed by atoms with Crippen molar-refractivity contribution >= 4 is 23.4 Å². The van der Waals surface area contributed by atoms with Gasteiger partial charge in [-0.3, -0.25) is 9.69 Å². The first-order valence-electron chi connectivity index (χ1n) is 9.74. The summed E-state index contributed by atoms with van der Waals surface area (Å²) >= 11 is 1.43. The summed E-state index contributed by atoms with van der Waals surface area (Å²) in [7, 11) is 0. The highest BCUT2D eigenvalue weighted by molar-refractivity contribution is 7.99. The Kier molecular flexibility index (Phi) is 5.67. The van der Waals surface area contributed by atoms with Crippen molar-refractivity contribution < 1.29 is 13.9 Å². The topological polar surface area (TPSA) is 68.2 Å². The van der Waals surface area contributed by atoms with Crippen molar-refractivity contribution in [1.82, 2.24) is 15.2 Å². The molecule has 1 aliphatic heterocycles. The summed E-state index contributed by atoms with van der Waals surface area (Å²) < 4.78 is 20.4. The number of hydrogen-bond acceptors (Lipinski definition) is 6. The Balaban J connectivity index is 1.93. The number of hydrogen-bond donors (Lipinski definition) is 0. The third kappa shape index (κ3) is 3.75. The maximum absolute atomic E-state index is 14.1. The van der Waals surface area contributed by atoms with Gasteiger partial charge in [0.15, 0.2) is 5.69 Å². The average Bonchev–Trinajstić information content (AvgIpc) is 2.88. The lowest BCUT2D eigenvalue weighted by Crippen LogP contribution is -2.36. The van der Waals surface area contributed by atoms with Crippen LogP contribution in [0.1, 0.15) is 38.1 Å². The number of benzene rings is 2. The molecule has 0 N–H and O–H groups in total. The normalized spacial score (nSPS) is 15.1. The number of fused-ring (bicyclic) bond motifs is 3. The summed E-state index contributed by atoms with van der Waals surface area (Å²) in [4.78, 5) is 18.7. The van der Waals surface area contributed by atoms with E-state index in [1.807, 2.05) is 31.2 Å². The fraction of sp³-hybridized carbons (Fsp3) is 0.273. The molecular weight excluding hydrogens is 403 g/mol. The van der Waals surface area contributed by atoms with Gasteiger partial charge >= 0.3 is 0 Å². The van der Waals surface area contributed by atoms with E-state index in [1.54, 1.807) is 6.07 Å². The van der Waals surface area contributed by atoms with E-state index in [1.165, 1.54) is 41.3 Å². The van der Waals surface area contributed by atoms with Crippen molar-refractivity contribution in [3.05, 3.63) is 59.4 Å². The molecule has 0 bridgehead atoms. The van der Waals surface area contributed by atoms with Crippen molar-refractivity contribution in [2.45, 2.75) is 38.6 Å². The molecule has 1 aromatic heterocycles. The minimum atomic E-state index is -0.768. The summed E-state index contributed by atoms with van der Waals surface area (Å²) in [5.41, 5.74) is 3.19. The zero-order valence-corrected chi connectivity index (χ0v) is 17.7. The summed E-state index contributed by atoms with van der Waals surface area (Å²) in [5, 5.41) is 8.87. The van der Waals surface area contributed by atoms with Crippen molar-refractivity contribution in [1.29, 1.82) is 0 Å². The number of anilines is 1. The molecule has 1 unspecified atom stereocenters. The van der Waals surface area contributed by atoms with Crippen LogP contribution in [0.4, 0.5) is 10.1 Å². The summed E-state index contributed by atoms with van der Waals surface area (Å²) in [6.45, 7) is 5.52. The second-order valence-electron chi connectivity index (χ2n) is 6.80. The number of amides is 1. The molecule has 2 heterocycles. The van der Waals surface area contributed by atoms with Crippen molar-refractivity contribution in [3.8, 4) is 17.1 Å². The predicted octanol–water partition coefficient (Wildman–Crippen LogP) is 4.80. The maximum Gasteiger partial charge on any atom is 0.247 e. The van der Waals surface area contributed by atoms with Gasteiger partial charge < -0.3 is 4.74 Å². The third-order valence-corrected chi connectivity index (χ3v) is 5.57. The Morgan fingerprint density at radius 1 is 1.17 bits per heavy atom. The molecular formula is C22H21FN4O2S. The lowest BCUT2D eigenvalue weighted by molar-refractivity contribution is -0.118. The van der Waals surface area contributed by atoms with Gasteiger partial charge in [0, 0.05) is 18.1 Å². The first-order chi connectivity index (χ1) is 14.5. The number of halogens is 1. The fourth-order valence-electron chi connectivity index (χ4n) is 3.40. The first kappa shape index (κ1) is 20.3. The zero-order chi connectivity index (χ0) is 21.3. The van der Waals surface area contributed by atoms with Gasteiger partial charge in [0.25, 0.3) is 0 Å². The van der Waals surface area contributed by atoms with Gasteiger partial charge in [0.1, 0.15) is 5.82 Å². The van der Waals surface area contributed by atoms with E-state index in [0.717, 1.165) is 17.7 Å². The molecule has 0 saturated heterocycles. The van der Waals surface area contributed by atoms with Crippen LogP contribution in [-0.4, -0.2) is 26.8 Å². The van der Waals surface area contributed by atoms with Crippen LogP contribution in [0.2, 0.25) is 0 Å². The molecule has 2 aromatic carbocycles. The highest BCUT2D eigenvalue weighted by Gasteiger charge is 2.34. The van der Waals surface area contributed by atoms with Gasteiger partial charge in [-0.05, 0) is 35.9 Å². The fourth-order valence-corrected chi connectivity index (χ4v) is 3.91. The highest BCUT2D eigenvalue weighted by atomic mass is 32.2. The molecule has 8 heteroatoms. The van der Waals surface area contributed by atoms with E-state index in [9.17, 15) is 9.18 Å². The molecule has 4 rings (SSSR count). The van der Waals surface area contributed by atoms with Crippen molar-refractivity contribution in [2.75, 3.05) is 10.7 Å². The SMILES string of the molecule is CCSc1nnc2c(n1)OC(c1ccc(CC)cc1)N(C(C)=O)c1ccc(F)cc1-2. The van der Waals surface area contributed by atoms with Crippen LogP contribution in [0.25, 0.3) is 11.3 Å². The largest absolute Gasteiger partial charge is 0.447 e. The monoisotopic (exact) mass is 424 g/mol. The second-order valence-corrected chi connectivity index (χ2v) is 8.03. The first-order valence-corrected chi connectivity index (χ1v) is 10.7. The van der Waals surface area contributed by atoms with E-state index in [-0.39, 0.29) is 11.8 Å². The van der Waals surface area contributed by atoms with Gasteiger partial charge in [-0.2, -0.15) is 4.98 Å². The van der Waals surface area contributed by atoms with Crippen LogP contribution in [0.15, 0.2) is 47.6 Å². The smallest absolute Gasteiger partial charge is 0.247 e. The summed E-state index contributed by atoms with van der Waals surface area (Å²) in [6, 6.07) is 12.1. The van der Waals surface area contributed by atoms with Crippen molar-refractivity contribution in [3.63, 3.8) is 0 Å². The number of carbonyl (C=O) groups excluding carboxylic acids is 1. The van der Waals surface area contributed by atoms with Crippen LogP contribution >= 0.6 is 11.8 Å². The molecule has 30 heavy (non-hydrogen) atoms. The van der Waals surface area contributed by atoms with Gasteiger partial charge in [-0.15, -0.1) is 10.2 Å². The number of aryl methyl sites for hydroxylation is 1. The van der Waals surface area contributed by atoms with Crippen LogP contribution in [-0.2, 0) is 11.2 Å². The van der Waals surface area contributed by atoms with E-state index in [2.05, 4.69) is 22.1 Å². The summed E-state index contributed by atoms with van der Waals surface area (Å²) in [5.74, 6) is 0.313. The number of nitrogens with zero attached hydrogens (tertiary/aromatic N) is 4. The van der Waals surface area contributed by atoms with Crippen molar-refractivity contribution in [2.24, 2.45) is 0 Å². The van der Waals surface area contributed by atoms with Gasteiger partial charge in [-0.1, -0.05) is 49.9 Å². The molecule has 1 atom stereocenters. The van der Waals surface area contributed by atoms with E-state index in [4.69, 9.17) is 4.74 Å². The Labute approximate surface area is 178 Å². The highest BCUT2D eigenvalue weighted by Crippen LogP contribution is 2.43. The molecule has 1 aliphatic rings. The molecule has 0 aliphatic carbocycles. The van der Waals surface area contributed by atoms with E-state index >= 15 is 0 Å². The predicted molar refractivity (Wildman–Crippen MR) is 114 cm³/mol. The van der Waals surface area contributed by atoms with E-state index < -0.39 is 12.0 Å².